The summed E-state index contributed by atoms with van der Waals surface area (Å²) >= 11 is 0. The third-order valence-corrected chi connectivity index (χ3v) is 2.41. The molecule has 1 aromatic rings. The maximum atomic E-state index is 9.64. The van der Waals surface area contributed by atoms with E-state index in [1.54, 1.807) is 0 Å². The minimum absolute atomic E-state index is 0.305. The van der Waals surface area contributed by atoms with Gasteiger partial charge in [0.2, 0.25) is 0 Å². The highest BCUT2D eigenvalue weighted by atomic mass is 16.3. The van der Waals surface area contributed by atoms with Crippen molar-refractivity contribution in [2.45, 2.75) is 19.6 Å². The quantitative estimate of drug-likeness (QED) is 0.754. The van der Waals surface area contributed by atoms with Gasteiger partial charge in [0.15, 0.2) is 0 Å². The van der Waals surface area contributed by atoms with Gasteiger partial charge in [0.25, 0.3) is 0 Å². The molecule has 0 saturated heterocycles. The molecule has 0 radical (unpaired) electrons. The molecule has 0 spiro atoms. The second-order valence-corrected chi connectivity index (χ2v) is 4.53. The maximum absolute atomic E-state index is 9.64. The Labute approximate surface area is 98.1 Å². The van der Waals surface area contributed by atoms with E-state index < -0.39 is 0 Å². The van der Waals surface area contributed by atoms with Crippen molar-refractivity contribution < 1.29 is 5.11 Å². The van der Waals surface area contributed by atoms with Crippen LogP contribution in [0.25, 0.3) is 0 Å². The van der Waals surface area contributed by atoms with Crippen molar-refractivity contribution in [2.75, 3.05) is 27.2 Å². The second-order valence-electron chi connectivity index (χ2n) is 4.53. The van der Waals surface area contributed by atoms with Gasteiger partial charge in [0.1, 0.15) is 0 Å². The van der Waals surface area contributed by atoms with Crippen molar-refractivity contribution in [3.63, 3.8) is 0 Å². The van der Waals surface area contributed by atoms with Crippen LogP contribution in [-0.4, -0.2) is 43.3 Å². The summed E-state index contributed by atoms with van der Waals surface area (Å²) in [6, 6.07) is 8.43. The molecule has 0 bridgehead atoms. The number of aryl methyl sites for hydroxylation is 1. The number of nitrogens with one attached hydrogen (secondary N) is 1. The fourth-order valence-corrected chi connectivity index (χ4v) is 1.58. The van der Waals surface area contributed by atoms with E-state index in [-0.39, 0.29) is 6.10 Å². The van der Waals surface area contributed by atoms with Crippen molar-refractivity contribution in [3.8, 4) is 0 Å². The molecule has 16 heavy (non-hydrogen) atoms. The molecular formula is C13H22N2O. The number of aliphatic hydroxyl groups excluding tert-OH is 1. The summed E-state index contributed by atoms with van der Waals surface area (Å²) in [6.45, 7) is 4.22. The van der Waals surface area contributed by atoms with Crippen LogP contribution >= 0.6 is 0 Å². The molecule has 2 N–H and O–H groups in total. The van der Waals surface area contributed by atoms with Gasteiger partial charge in [0.05, 0.1) is 6.10 Å². The molecule has 0 aliphatic heterocycles. The molecule has 0 fully saturated rings. The van der Waals surface area contributed by atoms with Gasteiger partial charge in [-0.25, -0.2) is 0 Å². The number of aliphatic hydroxyl groups is 1. The number of hydrogen-bond acceptors (Lipinski definition) is 3. The van der Waals surface area contributed by atoms with Gasteiger partial charge in [-0.3, -0.25) is 0 Å². The van der Waals surface area contributed by atoms with Crippen LogP contribution in [0.15, 0.2) is 24.3 Å². The van der Waals surface area contributed by atoms with E-state index in [0.29, 0.717) is 13.1 Å². The second kappa shape index (κ2) is 6.63. The lowest BCUT2D eigenvalue weighted by molar-refractivity contribution is 0.134. The number of nitrogens with zero attached hydrogens (tertiary/aromatic N) is 1. The van der Waals surface area contributed by atoms with E-state index in [1.165, 1.54) is 11.1 Å². The Morgan fingerprint density at radius 3 is 2.44 bits per heavy atom. The van der Waals surface area contributed by atoms with Crippen LogP contribution in [0.2, 0.25) is 0 Å². The highest BCUT2D eigenvalue weighted by Gasteiger charge is 2.04. The van der Waals surface area contributed by atoms with E-state index in [0.717, 1.165) is 6.54 Å². The first-order valence-electron chi connectivity index (χ1n) is 5.67. The zero-order valence-electron chi connectivity index (χ0n) is 10.4. The summed E-state index contributed by atoms with van der Waals surface area (Å²) < 4.78 is 0. The molecule has 1 rings (SSSR count). The molecule has 3 heteroatoms. The SMILES string of the molecule is Cc1ccc(CNCC(O)CN(C)C)cc1. The van der Waals surface area contributed by atoms with Gasteiger partial charge < -0.3 is 15.3 Å². The Kier molecular flexibility index (Phi) is 5.46. The molecule has 1 unspecified atom stereocenters. The molecule has 0 heterocycles. The maximum Gasteiger partial charge on any atom is 0.0791 e. The Morgan fingerprint density at radius 1 is 1.25 bits per heavy atom. The average Bonchev–Trinajstić information content (AvgIpc) is 2.20. The fraction of sp³-hybridized carbons (Fsp3) is 0.538. The van der Waals surface area contributed by atoms with Crippen LogP contribution in [0.4, 0.5) is 0 Å². The van der Waals surface area contributed by atoms with Crippen LogP contribution in [0.3, 0.4) is 0 Å². The fourth-order valence-electron chi connectivity index (χ4n) is 1.58. The van der Waals surface area contributed by atoms with Crippen LogP contribution < -0.4 is 5.32 Å². The predicted molar refractivity (Wildman–Crippen MR) is 67.4 cm³/mol. The summed E-state index contributed by atoms with van der Waals surface area (Å²) in [7, 11) is 3.92. The van der Waals surface area contributed by atoms with Gasteiger partial charge in [-0.2, -0.15) is 0 Å². The molecule has 1 aromatic carbocycles. The highest BCUT2D eigenvalue weighted by Crippen LogP contribution is 2.02. The molecule has 0 aliphatic rings. The normalized spacial score (nSPS) is 13.1. The summed E-state index contributed by atoms with van der Waals surface area (Å²) in [5.41, 5.74) is 2.53. The van der Waals surface area contributed by atoms with E-state index in [2.05, 4.69) is 36.5 Å². The minimum Gasteiger partial charge on any atom is -0.390 e. The number of likely N-dealkylation sites (N-methyl/N-ethyl adjacent to an activating group) is 1. The van der Waals surface area contributed by atoms with Gasteiger partial charge in [-0.05, 0) is 26.6 Å². The van der Waals surface area contributed by atoms with Crippen molar-refractivity contribution in [2.24, 2.45) is 0 Å². The van der Waals surface area contributed by atoms with Crippen LogP contribution in [0.5, 0.6) is 0 Å². The first kappa shape index (κ1) is 13.2. The molecule has 0 amide bonds. The van der Waals surface area contributed by atoms with Crippen molar-refractivity contribution in [3.05, 3.63) is 35.4 Å². The Morgan fingerprint density at radius 2 is 1.88 bits per heavy atom. The van der Waals surface area contributed by atoms with Crippen LogP contribution in [0.1, 0.15) is 11.1 Å². The largest absolute Gasteiger partial charge is 0.390 e. The monoisotopic (exact) mass is 222 g/mol. The molecule has 1 atom stereocenters. The third-order valence-electron chi connectivity index (χ3n) is 2.41. The Bertz CT molecular complexity index is 295. The number of rotatable bonds is 6. The van der Waals surface area contributed by atoms with Crippen molar-refractivity contribution in [1.29, 1.82) is 0 Å². The first-order valence-corrected chi connectivity index (χ1v) is 5.67. The Balaban J connectivity index is 2.22. The third kappa shape index (κ3) is 5.26. The Hall–Kier alpha value is -0.900. The van der Waals surface area contributed by atoms with Gasteiger partial charge in [0, 0.05) is 19.6 Å². The molecule has 3 nitrogen and oxygen atoms in total. The summed E-state index contributed by atoms with van der Waals surface area (Å²) in [5.74, 6) is 0. The topological polar surface area (TPSA) is 35.5 Å². The van der Waals surface area contributed by atoms with E-state index >= 15 is 0 Å². The van der Waals surface area contributed by atoms with Crippen LogP contribution in [0, 0.1) is 6.92 Å². The molecular weight excluding hydrogens is 200 g/mol. The molecule has 0 aliphatic carbocycles. The standard InChI is InChI=1S/C13H22N2O/c1-11-4-6-12(7-5-11)8-14-9-13(16)10-15(2)3/h4-7,13-14,16H,8-10H2,1-3H3. The summed E-state index contributed by atoms with van der Waals surface area (Å²) in [4.78, 5) is 1.98. The van der Waals surface area contributed by atoms with Crippen molar-refractivity contribution >= 4 is 0 Å². The lowest BCUT2D eigenvalue weighted by Gasteiger charge is -2.16. The predicted octanol–water partition coefficient (Wildman–Crippen LogP) is 1.01. The summed E-state index contributed by atoms with van der Waals surface area (Å²) in [5, 5.41) is 12.9. The molecule has 0 saturated carbocycles. The summed E-state index contributed by atoms with van der Waals surface area (Å²) in [6.07, 6.45) is -0.305. The van der Waals surface area contributed by atoms with Gasteiger partial charge >= 0.3 is 0 Å². The van der Waals surface area contributed by atoms with E-state index in [4.69, 9.17) is 0 Å². The lowest BCUT2D eigenvalue weighted by Crippen LogP contribution is -2.34. The van der Waals surface area contributed by atoms with Gasteiger partial charge in [-0.15, -0.1) is 0 Å². The first-order chi connectivity index (χ1) is 7.58. The van der Waals surface area contributed by atoms with Crippen LogP contribution in [-0.2, 0) is 6.54 Å². The molecule has 0 aromatic heterocycles. The number of hydrogen-bond donors (Lipinski definition) is 2. The smallest absolute Gasteiger partial charge is 0.0791 e. The average molecular weight is 222 g/mol. The molecule has 90 valence electrons. The zero-order valence-corrected chi connectivity index (χ0v) is 10.4. The van der Waals surface area contributed by atoms with E-state index in [1.807, 2.05) is 19.0 Å². The zero-order chi connectivity index (χ0) is 12.0. The van der Waals surface area contributed by atoms with Gasteiger partial charge in [-0.1, -0.05) is 29.8 Å². The highest BCUT2D eigenvalue weighted by molar-refractivity contribution is 5.21. The lowest BCUT2D eigenvalue weighted by atomic mass is 10.1. The number of benzene rings is 1. The van der Waals surface area contributed by atoms with E-state index in [9.17, 15) is 5.11 Å². The minimum atomic E-state index is -0.305. The van der Waals surface area contributed by atoms with Crippen molar-refractivity contribution in [1.82, 2.24) is 10.2 Å².